The van der Waals surface area contributed by atoms with E-state index >= 15 is 0 Å². The summed E-state index contributed by atoms with van der Waals surface area (Å²) in [5, 5.41) is 8.19. The van der Waals surface area contributed by atoms with E-state index in [-0.39, 0.29) is 0 Å². The number of hydrogen-bond donors (Lipinski definition) is 1. The van der Waals surface area contributed by atoms with E-state index in [0.29, 0.717) is 5.92 Å². The van der Waals surface area contributed by atoms with Crippen LogP contribution in [0.1, 0.15) is 24.8 Å². The molecule has 1 fully saturated rings. The molecular weight excluding hydrogens is 222 g/mol. The van der Waals surface area contributed by atoms with E-state index in [0.717, 1.165) is 35.2 Å². The molecule has 2 heterocycles. The Morgan fingerprint density at radius 1 is 1.11 bits per heavy atom. The van der Waals surface area contributed by atoms with Gasteiger partial charge in [-0.3, -0.25) is 9.97 Å². The molecule has 1 aliphatic carbocycles. The highest BCUT2D eigenvalue weighted by Crippen LogP contribution is 2.30. The summed E-state index contributed by atoms with van der Waals surface area (Å²) in [5.74, 6) is 0.441. The van der Waals surface area contributed by atoms with Gasteiger partial charge in [0.1, 0.15) is 0 Å². The minimum absolute atomic E-state index is 0.441. The van der Waals surface area contributed by atoms with Crippen molar-refractivity contribution >= 4 is 5.71 Å². The van der Waals surface area contributed by atoms with E-state index in [1.54, 1.807) is 12.4 Å². The summed E-state index contributed by atoms with van der Waals surface area (Å²) in [7, 11) is 0. The fraction of sp³-hybridized carbons (Fsp3) is 0.267. The van der Waals surface area contributed by atoms with Gasteiger partial charge in [-0.2, -0.15) is 0 Å². The minimum Gasteiger partial charge on any atom is -0.304 e. The summed E-state index contributed by atoms with van der Waals surface area (Å²) < 4.78 is 0. The van der Waals surface area contributed by atoms with E-state index in [1.807, 2.05) is 30.6 Å². The maximum absolute atomic E-state index is 8.19. The standard InChI is InChI=1S/C15H15N3/c16-15(11-3-1-4-11)14-7-13(9-18-10-14)12-5-2-6-17-8-12/h2,5-11,16H,1,3-4H2. The lowest BCUT2D eigenvalue weighted by Crippen LogP contribution is -2.22. The monoisotopic (exact) mass is 237 g/mol. The van der Waals surface area contributed by atoms with Crippen molar-refractivity contribution in [1.82, 2.24) is 9.97 Å². The Balaban J connectivity index is 1.91. The van der Waals surface area contributed by atoms with Crippen molar-refractivity contribution in [3.8, 4) is 11.1 Å². The highest BCUT2D eigenvalue weighted by molar-refractivity contribution is 6.00. The molecule has 1 N–H and O–H groups in total. The van der Waals surface area contributed by atoms with Crippen molar-refractivity contribution in [3.63, 3.8) is 0 Å². The molecule has 1 aliphatic rings. The van der Waals surface area contributed by atoms with E-state index in [9.17, 15) is 0 Å². The maximum Gasteiger partial charge on any atom is 0.0432 e. The van der Waals surface area contributed by atoms with Crippen LogP contribution in [0.4, 0.5) is 0 Å². The zero-order valence-corrected chi connectivity index (χ0v) is 10.1. The molecule has 0 aliphatic heterocycles. The third-order valence-corrected chi connectivity index (χ3v) is 3.56. The Labute approximate surface area is 106 Å². The second kappa shape index (κ2) is 4.69. The molecule has 0 unspecified atom stereocenters. The molecule has 0 aromatic carbocycles. The van der Waals surface area contributed by atoms with Gasteiger partial charge in [0.05, 0.1) is 0 Å². The molecular formula is C15H15N3. The summed E-state index contributed by atoms with van der Waals surface area (Å²) >= 11 is 0. The van der Waals surface area contributed by atoms with Crippen LogP contribution in [0.3, 0.4) is 0 Å². The Morgan fingerprint density at radius 3 is 2.61 bits per heavy atom. The van der Waals surface area contributed by atoms with Gasteiger partial charge < -0.3 is 5.41 Å². The normalized spacial score (nSPS) is 15.1. The first-order chi connectivity index (χ1) is 8.84. The summed E-state index contributed by atoms with van der Waals surface area (Å²) in [5.41, 5.74) is 3.76. The summed E-state index contributed by atoms with van der Waals surface area (Å²) in [6, 6.07) is 5.98. The molecule has 1 saturated carbocycles. The largest absolute Gasteiger partial charge is 0.304 e. The Bertz CT molecular complexity index is 559. The van der Waals surface area contributed by atoms with Gasteiger partial charge in [-0.15, -0.1) is 0 Å². The molecule has 0 atom stereocenters. The van der Waals surface area contributed by atoms with Crippen LogP contribution in [-0.4, -0.2) is 15.7 Å². The second-order valence-corrected chi connectivity index (χ2v) is 4.75. The third-order valence-electron chi connectivity index (χ3n) is 3.56. The van der Waals surface area contributed by atoms with Gasteiger partial charge in [0.25, 0.3) is 0 Å². The number of nitrogens with zero attached hydrogens (tertiary/aromatic N) is 2. The van der Waals surface area contributed by atoms with Crippen molar-refractivity contribution in [2.45, 2.75) is 19.3 Å². The lowest BCUT2D eigenvalue weighted by Gasteiger charge is -2.26. The first kappa shape index (κ1) is 11.1. The highest BCUT2D eigenvalue weighted by Gasteiger charge is 2.23. The van der Waals surface area contributed by atoms with E-state index in [4.69, 9.17) is 5.41 Å². The number of pyridine rings is 2. The molecule has 90 valence electrons. The van der Waals surface area contributed by atoms with Gasteiger partial charge in [-0.25, -0.2) is 0 Å². The number of aromatic nitrogens is 2. The molecule has 0 spiro atoms. The van der Waals surface area contributed by atoms with Gasteiger partial charge in [0.15, 0.2) is 0 Å². The lowest BCUT2D eigenvalue weighted by atomic mass is 9.79. The number of rotatable bonds is 3. The topological polar surface area (TPSA) is 49.6 Å². The first-order valence-corrected chi connectivity index (χ1v) is 6.29. The van der Waals surface area contributed by atoms with Crippen LogP contribution in [-0.2, 0) is 0 Å². The molecule has 0 bridgehead atoms. The van der Waals surface area contributed by atoms with Gasteiger partial charge in [-0.1, -0.05) is 12.5 Å². The Hall–Kier alpha value is -2.03. The van der Waals surface area contributed by atoms with Crippen LogP contribution >= 0.6 is 0 Å². The summed E-state index contributed by atoms with van der Waals surface area (Å²) in [6.45, 7) is 0. The van der Waals surface area contributed by atoms with Gasteiger partial charge in [0, 0.05) is 53.1 Å². The van der Waals surface area contributed by atoms with Crippen LogP contribution in [0.15, 0.2) is 43.0 Å². The molecule has 2 aromatic rings. The molecule has 18 heavy (non-hydrogen) atoms. The van der Waals surface area contributed by atoms with Crippen LogP contribution in [0, 0.1) is 11.3 Å². The third kappa shape index (κ3) is 2.04. The van der Waals surface area contributed by atoms with Gasteiger partial charge >= 0.3 is 0 Å². The fourth-order valence-electron chi connectivity index (χ4n) is 2.21. The Kier molecular flexibility index (Phi) is 2.89. The molecule has 3 rings (SSSR count). The summed E-state index contributed by atoms with van der Waals surface area (Å²) in [4.78, 5) is 8.37. The van der Waals surface area contributed by atoms with Crippen molar-refractivity contribution in [2.24, 2.45) is 5.92 Å². The smallest absolute Gasteiger partial charge is 0.0432 e. The number of hydrogen-bond acceptors (Lipinski definition) is 3. The van der Waals surface area contributed by atoms with E-state index in [1.165, 1.54) is 6.42 Å². The summed E-state index contributed by atoms with van der Waals surface area (Å²) in [6.07, 6.45) is 10.8. The zero-order chi connectivity index (χ0) is 12.4. The van der Waals surface area contributed by atoms with E-state index < -0.39 is 0 Å². The first-order valence-electron chi connectivity index (χ1n) is 6.29. The lowest BCUT2D eigenvalue weighted by molar-refractivity contribution is 0.412. The minimum atomic E-state index is 0.441. The van der Waals surface area contributed by atoms with Crippen molar-refractivity contribution in [3.05, 3.63) is 48.5 Å². The molecule has 3 nitrogen and oxygen atoms in total. The van der Waals surface area contributed by atoms with Crippen molar-refractivity contribution in [1.29, 1.82) is 5.41 Å². The fourth-order valence-corrected chi connectivity index (χ4v) is 2.21. The average molecular weight is 237 g/mol. The Morgan fingerprint density at radius 2 is 1.94 bits per heavy atom. The SMILES string of the molecule is N=C(c1cncc(-c2cccnc2)c1)C1CCC1. The van der Waals surface area contributed by atoms with Crippen LogP contribution in [0.5, 0.6) is 0 Å². The van der Waals surface area contributed by atoms with Crippen LogP contribution in [0.25, 0.3) is 11.1 Å². The predicted octanol–water partition coefficient (Wildman–Crippen LogP) is 3.31. The average Bonchev–Trinajstić information content (AvgIpc) is 2.38. The van der Waals surface area contributed by atoms with Gasteiger partial charge in [-0.05, 0) is 25.0 Å². The maximum atomic E-state index is 8.19. The zero-order valence-electron chi connectivity index (χ0n) is 10.1. The highest BCUT2D eigenvalue weighted by atomic mass is 14.6. The second-order valence-electron chi connectivity index (χ2n) is 4.75. The van der Waals surface area contributed by atoms with E-state index in [2.05, 4.69) is 9.97 Å². The van der Waals surface area contributed by atoms with Gasteiger partial charge in [0.2, 0.25) is 0 Å². The molecule has 3 heteroatoms. The molecule has 0 radical (unpaired) electrons. The van der Waals surface area contributed by atoms with Crippen molar-refractivity contribution < 1.29 is 0 Å². The van der Waals surface area contributed by atoms with Crippen LogP contribution < -0.4 is 0 Å². The molecule has 0 amide bonds. The molecule has 2 aromatic heterocycles. The predicted molar refractivity (Wildman–Crippen MR) is 71.6 cm³/mol. The van der Waals surface area contributed by atoms with Crippen molar-refractivity contribution in [2.75, 3.05) is 0 Å². The number of nitrogens with one attached hydrogen (secondary N) is 1. The quantitative estimate of drug-likeness (QED) is 0.832. The van der Waals surface area contributed by atoms with Crippen LogP contribution in [0.2, 0.25) is 0 Å². The molecule has 0 saturated heterocycles.